The van der Waals surface area contributed by atoms with Crippen LogP contribution in [0, 0.1) is 12.8 Å². The molecule has 0 aliphatic carbocycles. The highest BCUT2D eigenvalue weighted by Crippen LogP contribution is 2.28. The molecule has 0 amide bonds. The van der Waals surface area contributed by atoms with Gasteiger partial charge < -0.3 is 14.5 Å². The number of fused-ring (bicyclic) bond motifs is 1. The molecular formula is C17H19NO6S. The van der Waals surface area contributed by atoms with Crippen LogP contribution in [0.3, 0.4) is 0 Å². The summed E-state index contributed by atoms with van der Waals surface area (Å²) in [5.74, 6) is -1.55. The molecule has 1 saturated heterocycles. The van der Waals surface area contributed by atoms with Crippen molar-refractivity contribution < 1.29 is 27.5 Å². The molecule has 0 unspecified atom stereocenters. The Morgan fingerprint density at radius 1 is 1.32 bits per heavy atom. The number of hydrogen-bond acceptors (Lipinski definition) is 6. The van der Waals surface area contributed by atoms with Crippen LogP contribution in [-0.4, -0.2) is 43.5 Å². The number of benzene rings is 1. The third-order valence-electron chi connectivity index (χ3n) is 4.22. The molecule has 3 rings (SSSR count). The molecule has 1 N–H and O–H groups in total. The average molecular weight is 365 g/mol. The van der Waals surface area contributed by atoms with Crippen molar-refractivity contribution in [1.82, 2.24) is 4.98 Å². The van der Waals surface area contributed by atoms with Crippen LogP contribution in [0.2, 0.25) is 0 Å². The fraction of sp³-hybridized carbons (Fsp3) is 0.412. The van der Waals surface area contributed by atoms with Crippen LogP contribution >= 0.6 is 0 Å². The Hall–Kier alpha value is -2.35. The molecule has 1 atom stereocenters. The van der Waals surface area contributed by atoms with E-state index in [-0.39, 0.29) is 30.3 Å². The Balaban J connectivity index is 1.87. The van der Waals surface area contributed by atoms with Crippen molar-refractivity contribution in [3.8, 4) is 5.75 Å². The van der Waals surface area contributed by atoms with Crippen LogP contribution in [-0.2, 0) is 19.4 Å². The third-order valence-corrected chi connectivity index (χ3v) is 5.99. The Morgan fingerprint density at radius 2 is 2.08 bits per heavy atom. The van der Waals surface area contributed by atoms with Gasteiger partial charge in [-0.05, 0) is 38.5 Å². The third kappa shape index (κ3) is 3.53. The summed E-state index contributed by atoms with van der Waals surface area (Å²) in [7, 11) is -3.16. The molecule has 1 aliphatic rings. The zero-order chi connectivity index (χ0) is 18.2. The highest BCUT2D eigenvalue weighted by atomic mass is 32.2. The Bertz CT molecular complexity index is 943. The first kappa shape index (κ1) is 17.5. The van der Waals surface area contributed by atoms with Gasteiger partial charge in [0.1, 0.15) is 5.75 Å². The molecule has 0 saturated carbocycles. The number of ether oxygens (including phenoxy) is 2. The standard InChI is InChI=1S/C17H19NO6S/c1-3-23-17(20)15-10(2)18-14-5-4-12(8-13(14)15)24-16(19)11-6-7-25(21,22)9-11/h4-5,8,11,18H,3,6-7,9H2,1-2H3/t11-/m1/s1. The fourth-order valence-electron chi connectivity index (χ4n) is 3.02. The van der Waals surface area contributed by atoms with Gasteiger partial charge in [-0.25, -0.2) is 13.2 Å². The van der Waals surface area contributed by atoms with E-state index in [9.17, 15) is 18.0 Å². The lowest BCUT2D eigenvalue weighted by Crippen LogP contribution is -2.21. The smallest absolute Gasteiger partial charge is 0.340 e. The van der Waals surface area contributed by atoms with Crippen LogP contribution in [0.5, 0.6) is 5.75 Å². The summed E-state index contributed by atoms with van der Waals surface area (Å²) in [6, 6.07) is 4.90. The number of nitrogens with one attached hydrogen (secondary N) is 1. The number of aromatic nitrogens is 1. The van der Waals surface area contributed by atoms with Crippen molar-refractivity contribution in [1.29, 1.82) is 0 Å². The van der Waals surface area contributed by atoms with E-state index >= 15 is 0 Å². The lowest BCUT2D eigenvalue weighted by atomic mass is 10.1. The second kappa shape index (κ2) is 6.51. The minimum Gasteiger partial charge on any atom is -0.462 e. The van der Waals surface area contributed by atoms with Crippen LogP contribution in [0.4, 0.5) is 0 Å². The molecule has 1 aromatic carbocycles. The van der Waals surface area contributed by atoms with Crippen molar-refractivity contribution in [2.24, 2.45) is 5.92 Å². The Kier molecular flexibility index (Phi) is 4.55. The first-order chi connectivity index (χ1) is 11.8. The van der Waals surface area contributed by atoms with Gasteiger partial charge in [0.05, 0.1) is 29.6 Å². The van der Waals surface area contributed by atoms with E-state index in [0.29, 0.717) is 16.6 Å². The number of aryl methyl sites for hydroxylation is 1. The number of sulfone groups is 1. The van der Waals surface area contributed by atoms with E-state index < -0.39 is 27.7 Å². The van der Waals surface area contributed by atoms with E-state index in [0.717, 1.165) is 5.52 Å². The highest BCUT2D eigenvalue weighted by molar-refractivity contribution is 7.91. The maximum atomic E-state index is 12.2. The number of rotatable bonds is 4. The molecule has 8 heteroatoms. The highest BCUT2D eigenvalue weighted by Gasteiger charge is 2.34. The van der Waals surface area contributed by atoms with Crippen LogP contribution in [0.1, 0.15) is 29.4 Å². The van der Waals surface area contributed by atoms with Crippen LogP contribution in [0.15, 0.2) is 18.2 Å². The maximum absolute atomic E-state index is 12.2. The van der Waals surface area contributed by atoms with Gasteiger partial charge in [0.25, 0.3) is 0 Å². The van der Waals surface area contributed by atoms with E-state index in [2.05, 4.69) is 4.98 Å². The molecule has 7 nitrogen and oxygen atoms in total. The summed E-state index contributed by atoms with van der Waals surface area (Å²) in [6.45, 7) is 3.75. The van der Waals surface area contributed by atoms with Crippen LogP contribution in [0.25, 0.3) is 10.9 Å². The minimum absolute atomic E-state index is 0.00974. The summed E-state index contributed by atoms with van der Waals surface area (Å²) in [4.78, 5) is 27.4. The zero-order valence-electron chi connectivity index (χ0n) is 14.0. The minimum atomic E-state index is -3.16. The normalized spacial score (nSPS) is 19.0. The van der Waals surface area contributed by atoms with Gasteiger partial charge >= 0.3 is 11.9 Å². The maximum Gasteiger partial charge on any atom is 0.340 e. The van der Waals surface area contributed by atoms with Gasteiger partial charge in [-0.2, -0.15) is 0 Å². The van der Waals surface area contributed by atoms with Gasteiger partial charge in [-0.1, -0.05) is 0 Å². The molecule has 1 fully saturated rings. The molecule has 25 heavy (non-hydrogen) atoms. The molecule has 0 radical (unpaired) electrons. The van der Waals surface area contributed by atoms with Crippen molar-refractivity contribution in [2.45, 2.75) is 20.3 Å². The topological polar surface area (TPSA) is 103 Å². The number of H-pyrrole nitrogens is 1. The number of aromatic amines is 1. The first-order valence-electron chi connectivity index (χ1n) is 8.02. The lowest BCUT2D eigenvalue weighted by molar-refractivity contribution is -0.138. The van der Waals surface area contributed by atoms with Crippen molar-refractivity contribution in [2.75, 3.05) is 18.1 Å². The van der Waals surface area contributed by atoms with Gasteiger partial charge in [-0.3, -0.25) is 4.79 Å². The largest absolute Gasteiger partial charge is 0.462 e. The average Bonchev–Trinajstić information content (AvgIpc) is 3.06. The second-order valence-electron chi connectivity index (χ2n) is 6.07. The lowest BCUT2D eigenvalue weighted by Gasteiger charge is -2.09. The van der Waals surface area contributed by atoms with Crippen molar-refractivity contribution >= 4 is 32.7 Å². The monoisotopic (exact) mass is 365 g/mol. The molecule has 0 bridgehead atoms. The Morgan fingerprint density at radius 3 is 2.72 bits per heavy atom. The summed E-state index contributed by atoms with van der Waals surface area (Å²) in [5.41, 5.74) is 1.79. The predicted molar refractivity (Wildman–Crippen MR) is 91.4 cm³/mol. The summed E-state index contributed by atoms with van der Waals surface area (Å²) in [6.07, 6.45) is 0.279. The van der Waals surface area contributed by atoms with E-state index in [1.165, 1.54) is 0 Å². The molecule has 2 aromatic rings. The van der Waals surface area contributed by atoms with Gasteiger partial charge in [-0.15, -0.1) is 0 Å². The second-order valence-corrected chi connectivity index (χ2v) is 8.30. The first-order valence-corrected chi connectivity index (χ1v) is 9.84. The summed E-state index contributed by atoms with van der Waals surface area (Å²) < 4.78 is 33.4. The van der Waals surface area contributed by atoms with E-state index in [1.807, 2.05) is 0 Å². The van der Waals surface area contributed by atoms with Crippen molar-refractivity contribution in [3.05, 3.63) is 29.5 Å². The van der Waals surface area contributed by atoms with E-state index in [1.54, 1.807) is 32.0 Å². The van der Waals surface area contributed by atoms with Gasteiger partial charge in [0.15, 0.2) is 9.84 Å². The number of carbonyl (C=O) groups is 2. The molecule has 134 valence electrons. The number of carbonyl (C=O) groups excluding carboxylic acids is 2. The van der Waals surface area contributed by atoms with Gasteiger partial charge in [0.2, 0.25) is 0 Å². The van der Waals surface area contributed by atoms with Crippen LogP contribution < -0.4 is 4.74 Å². The summed E-state index contributed by atoms with van der Waals surface area (Å²) in [5, 5.41) is 0.597. The number of hydrogen-bond donors (Lipinski definition) is 1. The summed E-state index contributed by atoms with van der Waals surface area (Å²) >= 11 is 0. The SMILES string of the molecule is CCOC(=O)c1c(C)[nH]c2ccc(OC(=O)[C@@H]3CCS(=O)(=O)C3)cc12. The molecule has 1 aromatic heterocycles. The number of esters is 2. The van der Waals surface area contributed by atoms with E-state index in [4.69, 9.17) is 9.47 Å². The quantitative estimate of drug-likeness (QED) is 0.657. The molecular weight excluding hydrogens is 346 g/mol. The molecule has 1 aliphatic heterocycles. The predicted octanol–water partition coefficient (Wildman–Crippen LogP) is 1.99. The fourth-order valence-corrected chi connectivity index (χ4v) is 4.74. The molecule has 0 spiro atoms. The van der Waals surface area contributed by atoms with Gasteiger partial charge in [0, 0.05) is 16.6 Å². The van der Waals surface area contributed by atoms with Crippen molar-refractivity contribution in [3.63, 3.8) is 0 Å². The zero-order valence-corrected chi connectivity index (χ0v) is 14.8. The Labute approximate surface area is 145 Å². The molecule has 2 heterocycles.